The predicted molar refractivity (Wildman–Crippen MR) is 122 cm³/mol. The molecule has 31 heavy (non-hydrogen) atoms. The maximum atomic E-state index is 12.5. The molecule has 0 aliphatic heterocycles. The third-order valence-corrected chi connectivity index (χ3v) is 4.99. The zero-order chi connectivity index (χ0) is 22.2. The van der Waals surface area contributed by atoms with Crippen LogP contribution < -0.4 is 9.47 Å². The number of hydrogen-bond donors (Lipinski definition) is 0. The van der Waals surface area contributed by atoms with Crippen LogP contribution in [0, 0.1) is 6.92 Å². The molecule has 6 nitrogen and oxygen atoms in total. The highest BCUT2D eigenvalue weighted by Crippen LogP contribution is 2.24. The molecule has 6 heteroatoms. The second-order valence-corrected chi connectivity index (χ2v) is 7.32. The largest absolute Gasteiger partial charge is 0.496 e. The highest BCUT2D eigenvalue weighted by atomic mass is 16.5. The number of likely N-dealkylation sites (N-methyl/N-ethyl adjacent to an activating group) is 1. The molecule has 0 bridgehead atoms. The summed E-state index contributed by atoms with van der Waals surface area (Å²) in [7, 11) is 3.41. The van der Waals surface area contributed by atoms with Gasteiger partial charge in [0.15, 0.2) is 0 Å². The van der Waals surface area contributed by atoms with Crippen molar-refractivity contribution >= 4 is 12.0 Å². The molecule has 162 valence electrons. The molecule has 0 radical (unpaired) electrons. The molecular weight excluding hydrogens is 390 g/mol. The van der Waals surface area contributed by atoms with Gasteiger partial charge < -0.3 is 14.4 Å². The van der Waals surface area contributed by atoms with E-state index in [0.717, 1.165) is 40.4 Å². The maximum absolute atomic E-state index is 12.5. The van der Waals surface area contributed by atoms with Gasteiger partial charge in [-0.3, -0.25) is 9.48 Å². The smallest absolute Gasteiger partial charge is 0.246 e. The zero-order valence-electron chi connectivity index (χ0n) is 18.5. The second kappa shape index (κ2) is 10.5. The summed E-state index contributed by atoms with van der Waals surface area (Å²) in [6.07, 6.45) is 5.30. The molecule has 0 N–H and O–H groups in total. The van der Waals surface area contributed by atoms with Crippen molar-refractivity contribution in [2.75, 3.05) is 14.2 Å². The quantitative estimate of drug-likeness (QED) is 0.480. The summed E-state index contributed by atoms with van der Waals surface area (Å²) in [5, 5.41) is 4.42. The first kappa shape index (κ1) is 22.2. The number of rotatable bonds is 9. The summed E-state index contributed by atoms with van der Waals surface area (Å²) in [5.74, 6) is 1.51. The summed E-state index contributed by atoms with van der Waals surface area (Å²) < 4.78 is 13.3. The van der Waals surface area contributed by atoms with Crippen molar-refractivity contribution in [3.63, 3.8) is 0 Å². The Morgan fingerprint density at radius 3 is 2.68 bits per heavy atom. The number of aromatic nitrogens is 2. The van der Waals surface area contributed by atoms with E-state index in [2.05, 4.69) is 5.10 Å². The average molecular weight is 420 g/mol. The van der Waals surface area contributed by atoms with E-state index in [0.29, 0.717) is 13.2 Å². The third kappa shape index (κ3) is 5.98. The lowest BCUT2D eigenvalue weighted by Crippen LogP contribution is -2.24. The fourth-order valence-electron chi connectivity index (χ4n) is 3.17. The lowest BCUT2D eigenvalue weighted by Gasteiger charge is -2.14. The van der Waals surface area contributed by atoms with E-state index in [9.17, 15) is 4.79 Å². The molecule has 0 aliphatic rings. The maximum Gasteiger partial charge on any atom is 0.246 e. The van der Waals surface area contributed by atoms with Crippen LogP contribution in [0.3, 0.4) is 0 Å². The summed E-state index contributed by atoms with van der Waals surface area (Å²) in [6, 6.07) is 15.6. The molecule has 3 rings (SSSR count). The van der Waals surface area contributed by atoms with E-state index in [1.165, 1.54) is 0 Å². The lowest BCUT2D eigenvalue weighted by atomic mass is 10.1. The first-order valence-electron chi connectivity index (χ1n) is 10.3. The Kier molecular flexibility index (Phi) is 7.49. The van der Waals surface area contributed by atoms with Crippen molar-refractivity contribution in [2.45, 2.75) is 33.5 Å². The van der Waals surface area contributed by atoms with Crippen molar-refractivity contribution in [3.8, 4) is 11.5 Å². The number of amides is 1. The summed E-state index contributed by atoms with van der Waals surface area (Å²) in [6.45, 7) is 5.70. The number of para-hydroxylation sites is 1. The standard InChI is InChI=1S/C25H29N3O3/c1-5-28-15-14-22(26-28)17-27(3)25(29)13-11-20-10-12-24(30-4)21(16-20)18-31-23-9-7-6-8-19(23)2/h6-16H,5,17-18H2,1-4H3/b13-11+. The fraction of sp³-hybridized carbons (Fsp3) is 0.280. The van der Waals surface area contributed by atoms with Gasteiger partial charge in [-0.2, -0.15) is 5.10 Å². The minimum absolute atomic E-state index is 0.0837. The van der Waals surface area contributed by atoms with Crippen LogP contribution in [0.1, 0.15) is 29.3 Å². The van der Waals surface area contributed by atoms with Crippen LogP contribution in [0.15, 0.2) is 60.8 Å². The molecule has 1 amide bonds. The van der Waals surface area contributed by atoms with Gasteiger partial charge in [0.2, 0.25) is 5.91 Å². The molecule has 0 atom stereocenters. The fourth-order valence-corrected chi connectivity index (χ4v) is 3.17. The average Bonchev–Trinajstić information content (AvgIpc) is 3.24. The molecule has 2 aromatic carbocycles. The molecule has 0 saturated heterocycles. The van der Waals surface area contributed by atoms with Gasteiger partial charge in [0.25, 0.3) is 0 Å². The Bertz CT molecular complexity index is 1060. The normalized spacial score (nSPS) is 11.0. The number of methoxy groups -OCH3 is 1. The predicted octanol–water partition coefficient (Wildman–Crippen LogP) is 4.47. The van der Waals surface area contributed by atoms with Crippen molar-refractivity contribution in [1.29, 1.82) is 0 Å². The van der Waals surface area contributed by atoms with E-state index in [1.54, 1.807) is 31.2 Å². The van der Waals surface area contributed by atoms with Gasteiger partial charge in [0.1, 0.15) is 18.1 Å². The summed E-state index contributed by atoms with van der Waals surface area (Å²) in [4.78, 5) is 14.2. The number of aryl methyl sites for hydroxylation is 2. The highest BCUT2D eigenvalue weighted by molar-refractivity contribution is 5.91. The van der Waals surface area contributed by atoms with Crippen LogP contribution in [0.2, 0.25) is 0 Å². The van der Waals surface area contributed by atoms with E-state index < -0.39 is 0 Å². The SMILES string of the molecule is CCn1ccc(CN(C)C(=O)/C=C/c2ccc(OC)c(COc3ccccc3C)c2)n1. The minimum atomic E-state index is -0.0837. The molecule has 3 aromatic rings. The third-order valence-electron chi connectivity index (χ3n) is 4.99. The van der Waals surface area contributed by atoms with Gasteiger partial charge in [0.05, 0.1) is 19.3 Å². The number of hydrogen-bond acceptors (Lipinski definition) is 4. The molecule has 0 unspecified atom stereocenters. The number of carbonyl (C=O) groups excluding carboxylic acids is 1. The Morgan fingerprint density at radius 2 is 1.97 bits per heavy atom. The number of carbonyl (C=O) groups is 1. The van der Waals surface area contributed by atoms with Gasteiger partial charge in [-0.15, -0.1) is 0 Å². The molecule has 0 aliphatic carbocycles. The monoisotopic (exact) mass is 419 g/mol. The number of ether oxygens (including phenoxy) is 2. The van der Waals surface area contributed by atoms with Gasteiger partial charge in [-0.25, -0.2) is 0 Å². The highest BCUT2D eigenvalue weighted by Gasteiger charge is 2.09. The molecular formula is C25H29N3O3. The Morgan fingerprint density at radius 1 is 1.16 bits per heavy atom. The molecule has 0 spiro atoms. The summed E-state index contributed by atoms with van der Waals surface area (Å²) >= 11 is 0. The van der Waals surface area contributed by atoms with Crippen molar-refractivity contribution in [3.05, 3.63) is 83.2 Å². The zero-order valence-corrected chi connectivity index (χ0v) is 18.5. The Balaban J connectivity index is 1.66. The van der Waals surface area contributed by atoms with Gasteiger partial charge in [-0.1, -0.05) is 24.3 Å². The Hall–Kier alpha value is -3.54. The first-order chi connectivity index (χ1) is 15.0. The molecule has 0 saturated carbocycles. The Labute approximate surface area is 183 Å². The second-order valence-electron chi connectivity index (χ2n) is 7.32. The van der Waals surface area contributed by atoms with Crippen LogP contribution in [-0.4, -0.2) is 34.7 Å². The minimum Gasteiger partial charge on any atom is -0.496 e. The van der Waals surface area contributed by atoms with Crippen LogP contribution >= 0.6 is 0 Å². The molecule has 1 aromatic heterocycles. The van der Waals surface area contributed by atoms with E-state index >= 15 is 0 Å². The first-order valence-corrected chi connectivity index (χ1v) is 10.3. The van der Waals surface area contributed by atoms with Crippen molar-refractivity contribution in [2.24, 2.45) is 0 Å². The van der Waals surface area contributed by atoms with Gasteiger partial charge in [-0.05, 0) is 55.3 Å². The summed E-state index contributed by atoms with van der Waals surface area (Å²) in [5.41, 5.74) is 3.76. The lowest BCUT2D eigenvalue weighted by molar-refractivity contribution is -0.125. The van der Waals surface area contributed by atoms with Crippen LogP contribution in [-0.2, 0) is 24.5 Å². The molecule has 1 heterocycles. The van der Waals surface area contributed by atoms with E-state index in [-0.39, 0.29) is 5.91 Å². The van der Waals surface area contributed by atoms with Gasteiger partial charge >= 0.3 is 0 Å². The topological polar surface area (TPSA) is 56.6 Å². The van der Waals surface area contributed by atoms with Crippen LogP contribution in [0.25, 0.3) is 6.08 Å². The number of benzene rings is 2. The van der Waals surface area contributed by atoms with Crippen LogP contribution in [0.4, 0.5) is 0 Å². The van der Waals surface area contributed by atoms with Gasteiger partial charge in [0, 0.05) is 31.4 Å². The van der Waals surface area contributed by atoms with E-state index in [1.807, 2.05) is 73.3 Å². The number of nitrogens with zero attached hydrogens (tertiary/aromatic N) is 3. The van der Waals surface area contributed by atoms with Crippen LogP contribution in [0.5, 0.6) is 11.5 Å². The van der Waals surface area contributed by atoms with Crippen molar-refractivity contribution < 1.29 is 14.3 Å². The van der Waals surface area contributed by atoms with Crippen molar-refractivity contribution in [1.82, 2.24) is 14.7 Å². The molecule has 0 fully saturated rings. The van der Waals surface area contributed by atoms with E-state index in [4.69, 9.17) is 9.47 Å².